The Kier molecular flexibility index (Phi) is 7.54. The van der Waals surface area contributed by atoms with Gasteiger partial charge in [0.2, 0.25) is 5.91 Å². The summed E-state index contributed by atoms with van der Waals surface area (Å²) >= 11 is 6.93. The van der Waals surface area contributed by atoms with E-state index in [1.807, 2.05) is 0 Å². The normalized spacial score (nSPS) is 22.4. The summed E-state index contributed by atoms with van der Waals surface area (Å²) in [5, 5.41) is 3.33. The molecule has 0 radical (unpaired) electrons. The van der Waals surface area contributed by atoms with Gasteiger partial charge in [-0.2, -0.15) is 4.31 Å². The first-order valence-electron chi connectivity index (χ1n) is 8.23. The van der Waals surface area contributed by atoms with E-state index in [0.717, 1.165) is 30.7 Å². The van der Waals surface area contributed by atoms with Crippen LogP contribution in [0.4, 0.5) is 0 Å². The minimum Gasteiger partial charge on any atom is -0.341 e. The van der Waals surface area contributed by atoms with Gasteiger partial charge >= 0.3 is 0 Å². The van der Waals surface area contributed by atoms with E-state index in [2.05, 4.69) is 5.32 Å². The summed E-state index contributed by atoms with van der Waals surface area (Å²) in [6, 6.07) is 3.41. The molecule has 3 rings (SSSR count). The van der Waals surface area contributed by atoms with E-state index in [0.29, 0.717) is 43.4 Å². The van der Waals surface area contributed by atoms with Gasteiger partial charge in [-0.3, -0.25) is 4.79 Å². The van der Waals surface area contributed by atoms with E-state index in [4.69, 9.17) is 11.6 Å². The molecule has 0 saturated carbocycles. The number of carbonyl (C=O) groups excluding carboxylic acids is 1. The van der Waals surface area contributed by atoms with E-state index in [-0.39, 0.29) is 28.6 Å². The molecule has 2 fully saturated rings. The summed E-state index contributed by atoms with van der Waals surface area (Å²) in [5.41, 5.74) is 0. The van der Waals surface area contributed by atoms with Gasteiger partial charge in [-0.25, -0.2) is 8.42 Å². The fraction of sp³-hybridized carbons (Fsp3) is 0.667. The number of nitrogens with one attached hydrogen (secondary N) is 1. The first kappa shape index (κ1) is 20.9. The minimum atomic E-state index is -3.52. The lowest BCUT2D eigenvalue weighted by atomic mass is 10.1. The van der Waals surface area contributed by atoms with Gasteiger partial charge in [-0.05, 0) is 37.9 Å². The molecule has 1 atom stereocenters. The second kappa shape index (κ2) is 9.01. The standard InChI is InChI=1S/C15H22ClN3O3S2.ClH/c16-13-4-5-15(23-13)24(21,22)19-8-2-7-18(9-10-19)14(20)11-12-3-1-6-17-12;/h4-5,12,17H,1-3,6-11H2;1H. The molecule has 1 amide bonds. The maximum absolute atomic E-state index is 12.7. The van der Waals surface area contributed by atoms with E-state index >= 15 is 0 Å². The summed E-state index contributed by atoms with van der Waals surface area (Å²) in [5.74, 6) is 0.118. The van der Waals surface area contributed by atoms with E-state index in [1.54, 1.807) is 17.0 Å². The number of sulfonamides is 1. The fourth-order valence-corrected chi connectivity index (χ4v) is 6.32. The number of carbonyl (C=O) groups is 1. The number of thiophene rings is 1. The number of nitrogens with zero attached hydrogens (tertiary/aromatic N) is 2. The molecule has 25 heavy (non-hydrogen) atoms. The van der Waals surface area contributed by atoms with Crippen molar-refractivity contribution in [3.63, 3.8) is 0 Å². The molecule has 1 N–H and O–H groups in total. The van der Waals surface area contributed by atoms with E-state index in [1.165, 1.54) is 4.31 Å². The van der Waals surface area contributed by atoms with Crippen molar-refractivity contribution in [3.05, 3.63) is 16.5 Å². The molecular formula is C15H23Cl2N3O3S2. The predicted octanol–water partition coefficient (Wildman–Crippen LogP) is 2.19. The second-order valence-electron chi connectivity index (χ2n) is 6.19. The summed E-state index contributed by atoms with van der Waals surface area (Å²) in [4.78, 5) is 14.2. The molecule has 1 unspecified atom stereocenters. The van der Waals surface area contributed by atoms with Crippen molar-refractivity contribution >= 4 is 51.3 Å². The minimum absolute atomic E-state index is 0. The Morgan fingerprint density at radius 2 is 2.04 bits per heavy atom. The Labute approximate surface area is 164 Å². The zero-order valence-corrected chi connectivity index (χ0v) is 17.0. The highest BCUT2D eigenvalue weighted by atomic mass is 35.5. The van der Waals surface area contributed by atoms with Crippen LogP contribution in [0.5, 0.6) is 0 Å². The van der Waals surface area contributed by atoms with Gasteiger partial charge in [0.15, 0.2) is 0 Å². The van der Waals surface area contributed by atoms with Crippen LogP contribution in [0.15, 0.2) is 16.3 Å². The summed E-state index contributed by atoms with van der Waals surface area (Å²) in [7, 11) is -3.52. The maximum atomic E-state index is 12.7. The molecule has 6 nitrogen and oxygen atoms in total. The van der Waals surface area contributed by atoms with Crippen LogP contribution in [-0.4, -0.2) is 62.3 Å². The van der Waals surface area contributed by atoms with Gasteiger partial charge in [-0.1, -0.05) is 11.6 Å². The number of rotatable bonds is 4. The van der Waals surface area contributed by atoms with Crippen LogP contribution in [0.2, 0.25) is 4.34 Å². The third-order valence-electron chi connectivity index (χ3n) is 4.53. The molecule has 0 spiro atoms. The highest BCUT2D eigenvalue weighted by Crippen LogP contribution is 2.28. The van der Waals surface area contributed by atoms with Crippen LogP contribution in [0.1, 0.15) is 25.7 Å². The smallest absolute Gasteiger partial charge is 0.252 e. The SMILES string of the molecule is Cl.O=C(CC1CCCN1)N1CCCN(S(=O)(=O)c2ccc(Cl)s2)CC1. The summed E-state index contributed by atoms with van der Waals surface area (Å²) < 4.78 is 27.5. The predicted molar refractivity (Wildman–Crippen MR) is 102 cm³/mol. The van der Waals surface area contributed by atoms with Crippen molar-refractivity contribution in [2.75, 3.05) is 32.7 Å². The first-order valence-corrected chi connectivity index (χ1v) is 10.9. The monoisotopic (exact) mass is 427 g/mol. The molecule has 2 aliphatic heterocycles. The molecule has 0 bridgehead atoms. The van der Waals surface area contributed by atoms with Gasteiger partial charge in [0.25, 0.3) is 10.0 Å². The van der Waals surface area contributed by atoms with Crippen LogP contribution >= 0.6 is 35.3 Å². The molecule has 0 aromatic carbocycles. The van der Waals surface area contributed by atoms with Crippen molar-refractivity contribution in [1.29, 1.82) is 0 Å². The number of hydrogen-bond donors (Lipinski definition) is 1. The average molecular weight is 428 g/mol. The van der Waals surface area contributed by atoms with Crippen LogP contribution in [-0.2, 0) is 14.8 Å². The summed E-state index contributed by atoms with van der Waals surface area (Å²) in [6.07, 6.45) is 3.32. The van der Waals surface area contributed by atoms with Crippen LogP contribution in [0.25, 0.3) is 0 Å². The zero-order valence-electron chi connectivity index (χ0n) is 13.8. The topological polar surface area (TPSA) is 69.7 Å². The summed E-state index contributed by atoms with van der Waals surface area (Å²) in [6.45, 7) is 2.81. The van der Waals surface area contributed by atoms with E-state index < -0.39 is 10.0 Å². The lowest BCUT2D eigenvalue weighted by Crippen LogP contribution is -2.39. The molecule has 1 aromatic rings. The highest BCUT2D eigenvalue weighted by molar-refractivity contribution is 7.91. The fourth-order valence-electron chi connectivity index (χ4n) is 3.22. The molecular weight excluding hydrogens is 405 g/mol. The zero-order chi connectivity index (χ0) is 17.2. The third kappa shape index (κ3) is 5.08. The average Bonchev–Trinajstić information content (AvgIpc) is 3.13. The van der Waals surface area contributed by atoms with Gasteiger partial charge in [0.05, 0.1) is 4.34 Å². The van der Waals surface area contributed by atoms with Gasteiger partial charge in [0.1, 0.15) is 4.21 Å². The van der Waals surface area contributed by atoms with Gasteiger partial charge in [0, 0.05) is 38.6 Å². The molecule has 2 aliphatic rings. The molecule has 10 heteroatoms. The number of halogens is 2. The highest BCUT2D eigenvalue weighted by Gasteiger charge is 2.30. The van der Waals surface area contributed by atoms with Crippen LogP contribution in [0.3, 0.4) is 0 Å². The molecule has 3 heterocycles. The molecule has 0 aliphatic carbocycles. The molecule has 2 saturated heterocycles. The van der Waals surface area contributed by atoms with Crippen LogP contribution in [0, 0.1) is 0 Å². The van der Waals surface area contributed by atoms with Crippen LogP contribution < -0.4 is 5.32 Å². The molecule has 1 aromatic heterocycles. The van der Waals surface area contributed by atoms with Crippen molar-refractivity contribution in [3.8, 4) is 0 Å². The van der Waals surface area contributed by atoms with E-state index in [9.17, 15) is 13.2 Å². The Balaban J connectivity index is 0.00000225. The maximum Gasteiger partial charge on any atom is 0.252 e. The van der Waals surface area contributed by atoms with Gasteiger partial charge < -0.3 is 10.2 Å². The molecule has 142 valence electrons. The lowest BCUT2D eigenvalue weighted by Gasteiger charge is -2.23. The van der Waals surface area contributed by atoms with Crippen molar-refractivity contribution < 1.29 is 13.2 Å². The quantitative estimate of drug-likeness (QED) is 0.799. The first-order chi connectivity index (χ1) is 11.5. The number of amides is 1. The Morgan fingerprint density at radius 3 is 2.68 bits per heavy atom. The van der Waals surface area contributed by atoms with Crippen molar-refractivity contribution in [1.82, 2.24) is 14.5 Å². The Bertz CT molecular complexity index is 690. The van der Waals surface area contributed by atoms with Crippen molar-refractivity contribution in [2.24, 2.45) is 0 Å². The Hall–Kier alpha value is -0.380. The third-order valence-corrected chi connectivity index (χ3v) is 8.13. The number of hydrogen-bond acceptors (Lipinski definition) is 5. The van der Waals surface area contributed by atoms with Crippen molar-refractivity contribution in [2.45, 2.75) is 35.9 Å². The van der Waals surface area contributed by atoms with Gasteiger partial charge in [-0.15, -0.1) is 23.7 Å². The Morgan fingerprint density at radius 1 is 1.24 bits per heavy atom. The largest absolute Gasteiger partial charge is 0.341 e. The lowest BCUT2D eigenvalue weighted by molar-refractivity contribution is -0.131. The second-order valence-corrected chi connectivity index (χ2v) is 10.1.